The van der Waals surface area contributed by atoms with E-state index in [1.54, 1.807) is 7.11 Å². The lowest BCUT2D eigenvalue weighted by Crippen LogP contribution is -2.03. The summed E-state index contributed by atoms with van der Waals surface area (Å²) in [6.45, 7) is 4.28. The van der Waals surface area contributed by atoms with Gasteiger partial charge >= 0.3 is 0 Å². The molecule has 0 amide bonds. The summed E-state index contributed by atoms with van der Waals surface area (Å²) in [4.78, 5) is 3.27. The standard InChI is InChI=1S/C11H13N.C5H12O2S/c1-2-5-9-8-12-11-7-4-3-6-10(9)11;1-6-2-3-7-4-5-8/h3-4,6-8,12H,2,5H2,1H3;8H,2-5H2,1H3. The second-order valence-corrected chi connectivity index (χ2v) is 4.89. The van der Waals surface area contributed by atoms with Crippen LogP contribution in [0.2, 0.25) is 0 Å². The molecule has 1 aromatic heterocycles. The van der Waals surface area contributed by atoms with Crippen molar-refractivity contribution in [1.29, 1.82) is 0 Å². The fourth-order valence-corrected chi connectivity index (χ4v) is 2.05. The molecule has 0 spiro atoms. The van der Waals surface area contributed by atoms with Crippen LogP contribution in [0.5, 0.6) is 0 Å². The third kappa shape index (κ3) is 5.99. The van der Waals surface area contributed by atoms with Gasteiger partial charge in [0.05, 0.1) is 19.8 Å². The number of H-pyrrole nitrogens is 1. The van der Waals surface area contributed by atoms with Crippen LogP contribution in [-0.2, 0) is 15.9 Å². The third-order valence-corrected chi connectivity index (χ3v) is 3.04. The molecule has 0 fully saturated rings. The molecule has 2 rings (SSSR count). The van der Waals surface area contributed by atoms with Crippen molar-refractivity contribution in [3.8, 4) is 0 Å². The molecule has 0 radical (unpaired) electrons. The number of aromatic nitrogens is 1. The fourth-order valence-electron chi connectivity index (χ4n) is 1.92. The van der Waals surface area contributed by atoms with Crippen LogP contribution in [-0.4, -0.2) is 37.7 Å². The van der Waals surface area contributed by atoms with Gasteiger partial charge in [0.25, 0.3) is 0 Å². The predicted octanol–water partition coefficient (Wildman–Crippen LogP) is 3.70. The number of hydrogen-bond donors (Lipinski definition) is 2. The van der Waals surface area contributed by atoms with Gasteiger partial charge in [-0.3, -0.25) is 0 Å². The maximum absolute atomic E-state index is 5.02. The Morgan fingerprint density at radius 2 is 1.95 bits per heavy atom. The van der Waals surface area contributed by atoms with Crippen LogP contribution in [0.3, 0.4) is 0 Å². The Morgan fingerprint density at radius 3 is 2.65 bits per heavy atom. The van der Waals surface area contributed by atoms with Gasteiger partial charge in [-0.1, -0.05) is 31.5 Å². The van der Waals surface area contributed by atoms with Crippen molar-refractivity contribution in [3.05, 3.63) is 36.0 Å². The van der Waals surface area contributed by atoms with Crippen molar-refractivity contribution in [3.63, 3.8) is 0 Å². The number of aryl methyl sites for hydroxylation is 1. The average molecular weight is 295 g/mol. The van der Waals surface area contributed by atoms with Crippen molar-refractivity contribution in [1.82, 2.24) is 4.98 Å². The van der Waals surface area contributed by atoms with Gasteiger partial charge in [0.2, 0.25) is 0 Å². The SMILES string of the molecule is CCCc1c[nH]c2ccccc12.COCCOCCS. The Kier molecular flexibility index (Phi) is 9.20. The lowest BCUT2D eigenvalue weighted by atomic mass is 10.1. The molecule has 1 aromatic carbocycles. The molecule has 2 aromatic rings. The minimum absolute atomic E-state index is 0.674. The molecular weight excluding hydrogens is 270 g/mol. The monoisotopic (exact) mass is 295 g/mol. The Morgan fingerprint density at radius 1 is 1.15 bits per heavy atom. The van der Waals surface area contributed by atoms with Crippen LogP contribution in [0.4, 0.5) is 0 Å². The van der Waals surface area contributed by atoms with E-state index in [1.165, 1.54) is 29.3 Å². The van der Waals surface area contributed by atoms with Gasteiger partial charge in [0.15, 0.2) is 0 Å². The lowest BCUT2D eigenvalue weighted by Gasteiger charge is -1.98. The van der Waals surface area contributed by atoms with Gasteiger partial charge in [-0.15, -0.1) is 0 Å². The van der Waals surface area contributed by atoms with Gasteiger partial charge in [-0.05, 0) is 18.1 Å². The van der Waals surface area contributed by atoms with Crippen molar-refractivity contribution < 1.29 is 9.47 Å². The largest absolute Gasteiger partial charge is 0.382 e. The van der Waals surface area contributed by atoms with Crippen molar-refractivity contribution in [2.24, 2.45) is 0 Å². The van der Waals surface area contributed by atoms with E-state index in [9.17, 15) is 0 Å². The summed E-state index contributed by atoms with van der Waals surface area (Å²) in [6, 6.07) is 8.45. The molecule has 112 valence electrons. The lowest BCUT2D eigenvalue weighted by molar-refractivity contribution is 0.0791. The highest BCUT2D eigenvalue weighted by Gasteiger charge is 1.99. The van der Waals surface area contributed by atoms with Gasteiger partial charge in [0, 0.05) is 30.0 Å². The first-order valence-electron chi connectivity index (χ1n) is 7.06. The van der Waals surface area contributed by atoms with Gasteiger partial charge in [0.1, 0.15) is 0 Å². The minimum Gasteiger partial charge on any atom is -0.382 e. The fraction of sp³-hybridized carbons (Fsp3) is 0.500. The van der Waals surface area contributed by atoms with E-state index in [0.717, 1.165) is 5.75 Å². The van der Waals surface area contributed by atoms with E-state index in [0.29, 0.717) is 19.8 Å². The molecular formula is C16H25NO2S. The zero-order chi connectivity index (χ0) is 14.6. The Labute approximate surface area is 127 Å². The first kappa shape index (κ1) is 17.1. The molecule has 1 N–H and O–H groups in total. The van der Waals surface area contributed by atoms with Gasteiger partial charge < -0.3 is 14.5 Å². The highest BCUT2D eigenvalue weighted by Crippen LogP contribution is 2.18. The molecule has 0 bridgehead atoms. The summed E-state index contributed by atoms with van der Waals surface area (Å²) >= 11 is 3.96. The third-order valence-electron chi connectivity index (χ3n) is 2.86. The minimum atomic E-state index is 0.674. The maximum Gasteiger partial charge on any atom is 0.0700 e. The summed E-state index contributed by atoms with van der Waals surface area (Å²) in [7, 11) is 1.66. The normalized spacial score (nSPS) is 10.3. The molecule has 0 unspecified atom stereocenters. The van der Waals surface area contributed by atoms with Crippen LogP contribution in [0.1, 0.15) is 18.9 Å². The highest BCUT2D eigenvalue weighted by molar-refractivity contribution is 7.80. The molecule has 3 nitrogen and oxygen atoms in total. The van der Waals surface area contributed by atoms with E-state index in [1.807, 2.05) is 0 Å². The number of thiol groups is 1. The summed E-state index contributed by atoms with van der Waals surface area (Å²) in [6.07, 6.45) is 4.50. The molecule has 0 aliphatic rings. The quantitative estimate of drug-likeness (QED) is 0.603. The Bertz CT molecular complexity index is 464. The highest BCUT2D eigenvalue weighted by atomic mass is 32.1. The van der Waals surface area contributed by atoms with E-state index in [-0.39, 0.29) is 0 Å². The molecule has 0 aliphatic carbocycles. The second kappa shape index (κ2) is 10.8. The molecule has 4 heteroatoms. The summed E-state index contributed by atoms with van der Waals surface area (Å²) in [5.74, 6) is 0.781. The smallest absolute Gasteiger partial charge is 0.0700 e. The molecule has 0 saturated heterocycles. The number of aromatic amines is 1. The first-order valence-corrected chi connectivity index (χ1v) is 7.69. The number of rotatable bonds is 7. The van der Waals surface area contributed by atoms with Gasteiger partial charge in [-0.25, -0.2) is 0 Å². The predicted molar refractivity (Wildman–Crippen MR) is 88.8 cm³/mol. The number of nitrogens with one attached hydrogen (secondary N) is 1. The molecule has 0 aliphatic heterocycles. The van der Waals surface area contributed by atoms with E-state index in [2.05, 4.69) is 55.0 Å². The number of para-hydroxylation sites is 1. The number of methoxy groups -OCH3 is 1. The van der Waals surface area contributed by atoms with Crippen LogP contribution in [0, 0.1) is 0 Å². The van der Waals surface area contributed by atoms with E-state index >= 15 is 0 Å². The Balaban J connectivity index is 0.000000221. The zero-order valence-corrected chi connectivity index (χ0v) is 13.3. The second-order valence-electron chi connectivity index (χ2n) is 4.44. The summed E-state index contributed by atoms with van der Waals surface area (Å²) < 4.78 is 9.76. The molecule has 0 saturated carbocycles. The van der Waals surface area contributed by atoms with Crippen molar-refractivity contribution in [2.75, 3.05) is 32.7 Å². The van der Waals surface area contributed by atoms with Crippen molar-refractivity contribution >= 4 is 23.5 Å². The maximum atomic E-state index is 5.02. The average Bonchev–Trinajstić information content (AvgIpc) is 2.89. The number of hydrogen-bond acceptors (Lipinski definition) is 3. The van der Waals surface area contributed by atoms with E-state index < -0.39 is 0 Å². The summed E-state index contributed by atoms with van der Waals surface area (Å²) in [5, 5.41) is 1.37. The van der Waals surface area contributed by atoms with Gasteiger partial charge in [-0.2, -0.15) is 12.6 Å². The Hall–Kier alpha value is -0.970. The van der Waals surface area contributed by atoms with Crippen molar-refractivity contribution in [2.45, 2.75) is 19.8 Å². The first-order chi connectivity index (χ1) is 9.83. The van der Waals surface area contributed by atoms with Crippen LogP contribution >= 0.6 is 12.6 Å². The molecule has 1 heterocycles. The number of fused-ring (bicyclic) bond motifs is 1. The zero-order valence-electron chi connectivity index (χ0n) is 12.4. The van der Waals surface area contributed by atoms with E-state index in [4.69, 9.17) is 9.47 Å². The number of benzene rings is 1. The number of ether oxygens (including phenoxy) is 2. The summed E-state index contributed by atoms with van der Waals surface area (Å²) in [5.41, 5.74) is 2.69. The van der Waals surface area contributed by atoms with Crippen LogP contribution in [0.25, 0.3) is 10.9 Å². The van der Waals surface area contributed by atoms with Crippen LogP contribution in [0.15, 0.2) is 30.5 Å². The molecule has 0 atom stereocenters. The van der Waals surface area contributed by atoms with Crippen LogP contribution < -0.4 is 0 Å². The molecule has 20 heavy (non-hydrogen) atoms. The topological polar surface area (TPSA) is 34.2 Å².